The number of anilines is 1. The van der Waals surface area contributed by atoms with Gasteiger partial charge in [0.15, 0.2) is 0 Å². The molecule has 0 atom stereocenters. The number of aliphatic imine (C=N–C) groups is 1. The average Bonchev–Trinajstić information content (AvgIpc) is 2.74. The standard InChI is InChI=1S/C15H20N2O2/c1-12(18-3)14-11-13(5-6-15(14)16-2)17-7-4-9-19-10-8-17/h5-6,11H,1-2,4,7-10H2,3H3. The Morgan fingerprint density at radius 1 is 1.37 bits per heavy atom. The summed E-state index contributed by atoms with van der Waals surface area (Å²) in [7, 11) is 1.61. The van der Waals surface area contributed by atoms with Crippen LogP contribution in [0, 0.1) is 0 Å². The molecule has 102 valence electrons. The lowest BCUT2D eigenvalue weighted by molar-refractivity contribution is 0.152. The zero-order chi connectivity index (χ0) is 13.7. The monoisotopic (exact) mass is 260 g/mol. The van der Waals surface area contributed by atoms with E-state index in [9.17, 15) is 0 Å². The van der Waals surface area contributed by atoms with Crippen LogP contribution in [0.1, 0.15) is 12.0 Å². The molecule has 0 amide bonds. The molecule has 0 N–H and O–H groups in total. The molecule has 1 aliphatic heterocycles. The van der Waals surface area contributed by atoms with E-state index in [2.05, 4.69) is 35.3 Å². The van der Waals surface area contributed by atoms with Crippen LogP contribution in [0.25, 0.3) is 5.76 Å². The average molecular weight is 260 g/mol. The smallest absolute Gasteiger partial charge is 0.121 e. The summed E-state index contributed by atoms with van der Waals surface area (Å²) in [5.41, 5.74) is 2.83. The molecular formula is C15H20N2O2. The van der Waals surface area contributed by atoms with Crippen LogP contribution in [0.4, 0.5) is 11.4 Å². The number of hydrogen-bond donors (Lipinski definition) is 0. The van der Waals surface area contributed by atoms with Crippen LogP contribution in [0.3, 0.4) is 0 Å². The Balaban J connectivity index is 2.30. The van der Waals surface area contributed by atoms with Crippen LogP contribution in [0.2, 0.25) is 0 Å². The Bertz CT molecular complexity index is 463. The summed E-state index contributed by atoms with van der Waals surface area (Å²) < 4.78 is 10.7. The molecule has 1 aromatic rings. The van der Waals surface area contributed by atoms with Crippen LogP contribution >= 0.6 is 0 Å². The third-order valence-electron chi connectivity index (χ3n) is 3.28. The highest BCUT2D eigenvalue weighted by Gasteiger charge is 2.13. The molecule has 1 heterocycles. The highest BCUT2D eigenvalue weighted by atomic mass is 16.5. The van der Waals surface area contributed by atoms with Gasteiger partial charge in [-0.05, 0) is 31.3 Å². The second kappa shape index (κ2) is 6.38. The van der Waals surface area contributed by atoms with Gasteiger partial charge >= 0.3 is 0 Å². The van der Waals surface area contributed by atoms with E-state index < -0.39 is 0 Å². The van der Waals surface area contributed by atoms with Crippen molar-refractivity contribution >= 4 is 23.9 Å². The van der Waals surface area contributed by atoms with Crippen molar-refractivity contribution in [2.75, 3.05) is 38.3 Å². The summed E-state index contributed by atoms with van der Waals surface area (Å²) in [6.07, 6.45) is 1.04. The van der Waals surface area contributed by atoms with Gasteiger partial charge in [0.25, 0.3) is 0 Å². The third-order valence-corrected chi connectivity index (χ3v) is 3.28. The predicted octanol–water partition coefficient (Wildman–Crippen LogP) is 2.86. The highest BCUT2D eigenvalue weighted by molar-refractivity contribution is 5.74. The largest absolute Gasteiger partial charge is 0.497 e. The molecule has 0 spiro atoms. The van der Waals surface area contributed by atoms with Crippen molar-refractivity contribution in [1.82, 2.24) is 0 Å². The lowest BCUT2D eigenvalue weighted by Crippen LogP contribution is -2.25. The van der Waals surface area contributed by atoms with Crippen molar-refractivity contribution in [2.24, 2.45) is 4.99 Å². The van der Waals surface area contributed by atoms with Gasteiger partial charge in [-0.1, -0.05) is 6.58 Å². The van der Waals surface area contributed by atoms with E-state index in [1.807, 2.05) is 6.07 Å². The first-order valence-electron chi connectivity index (χ1n) is 6.43. The number of rotatable bonds is 4. The molecule has 19 heavy (non-hydrogen) atoms. The van der Waals surface area contributed by atoms with Gasteiger partial charge in [-0.2, -0.15) is 0 Å². The number of ether oxygens (including phenoxy) is 2. The molecule has 0 aromatic heterocycles. The molecule has 1 saturated heterocycles. The number of benzene rings is 1. The van der Waals surface area contributed by atoms with E-state index >= 15 is 0 Å². The molecule has 2 rings (SSSR count). The molecule has 0 saturated carbocycles. The minimum atomic E-state index is 0.607. The van der Waals surface area contributed by atoms with Crippen molar-refractivity contribution in [3.63, 3.8) is 0 Å². The molecule has 1 fully saturated rings. The SMILES string of the molecule is C=Nc1ccc(N2CCCOCC2)cc1C(=C)OC. The van der Waals surface area contributed by atoms with Crippen molar-refractivity contribution in [1.29, 1.82) is 0 Å². The summed E-state index contributed by atoms with van der Waals surface area (Å²) in [5, 5.41) is 0. The summed E-state index contributed by atoms with van der Waals surface area (Å²) in [6.45, 7) is 11.0. The van der Waals surface area contributed by atoms with Crippen LogP contribution in [0.15, 0.2) is 29.8 Å². The third kappa shape index (κ3) is 3.15. The topological polar surface area (TPSA) is 34.1 Å². The molecule has 1 aromatic carbocycles. The van der Waals surface area contributed by atoms with Crippen LogP contribution in [-0.2, 0) is 9.47 Å². The van der Waals surface area contributed by atoms with Gasteiger partial charge in [0.1, 0.15) is 5.76 Å². The lowest BCUT2D eigenvalue weighted by Gasteiger charge is -2.23. The van der Waals surface area contributed by atoms with Gasteiger partial charge in [0.05, 0.1) is 19.4 Å². The molecule has 1 aliphatic rings. The number of hydrogen-bond acceptors (Lipinski definition) is 4. The Hall–Kier alpha value is -1.81. The molecule has 0 unspecified atom stereocenters. The molecule has 0 bridgehead atoms. The van der Waals surface area contributed by atoms with Crippen molar-refractivity contribution in [3.8, 4) is 0 Å². The van der Waals surface area contributed by atoms with Crippen LogP contribution in [0.5, 0.6) is 0 Å². The van der Waals surface area contributed by atoms with Crippen molar-refractivity contribution in [3.05, 3.63) is 30.3 Å². The Morgan fingerprint density at radius 2 is 2.21 bits per heavy atom. The van der Waals surface area contributed by atoms with E-state index in [0.717, 1.165) is 49.7 Å². The van der Waals surface area contributed by atoms with Gasteiger partial charge in [-0.3, -0.25) is 4.99 Å². The normalized spacial score (nSPS) is 15.7. The van der Waals surface area contributed by atoms with Crippen molar-refractivity contribution in [2.45, 2.75) is 6.42 Å². The minimum Gasteiger partial charge on any atom is -0.497 e. The van der Waals surface area contributed by atoms with E-state index in [1.165, 1.54) is 0 Å². The van der Waals surface area contributed by atoms with Gasteiger partial charge < -0.3 is 14.4 Å². The molecule has 4 heteroatoms. The molecule has 4 nitrogen and oxygen atoms in total. The van der Waals surface area contributed by atoms with E-state index in [0.29, 0.717) is 5.76 Å². The highest BCUT2D eigenvalue weighted by Crippen LogP contribution is 2.30. The second-order valence-corrected chi connectivity index (χ2v) is 4.44. The first kappa shape index (κ1) is 13.6. The molecular weight excluding hydrogens is 240 g/mol. The Kier molecular flexibility index (Phi) is 4.58. The molecule has 0 radical (unpaired) electrons. The quantitative estimate of drug-likeness (QED) is 0.616. The van der Waals surface area contributed by atoms with E-state index in [1.54, 1.807) is 7.11 Å². The predicted molar refractivity (Wildman–Crippen MR) is 79.3 cm³/mol. The first-order valence-corrected chi connectivity index (χ1v) is 6.43. The Labute approximate surface area is 114 Å². The maximum Gasteiger partial charge on any atom is 0.121 e. The first-order chi connectivity index (χ1) is 9.26. The van der Waals surface area contributed by atoms with Gasteiger partial charge in [-0.25, -0.2) is 0 Å². The summed E-state index contributed by atoms with van der Waals surface area (Å²) in [4.78, 5) is 6.32. The molecule has 0 aliphatic carbocycles. The maximum absolute atomic E-state index is 5.48. The fraction of sp³-hybridized carbons (Fsp3) is 0.400. The summed E-state index contributed by atoms with van der Waals surface area (Å²) in [5.74, 6) is 0.607. The van der Waals surface area contributed by atoms with E-state index in [-0.39, 0.29) is 0 Å². The van der Waals surface area contributed by atoms with Gasteiger partial charge in [0, 0.05) is 30.9 Å². The zero-order valence-electron chi connectivity index (χ0n) is 11.4. The Morgan fingerprint density at radius 3 is 2.95 bits per heavy atom. The number of nitrogens with zero attached hydrogens (tertiary/aromatic N) is 2. The fourth-order valence-electron chi connectivity index (χ4n) is 2.20. The summed E-state index contributed by atoms with van der Waals surface area (Å²) >= 11 is 0. The second-order valence-electron chi connectivity index (χ2n) is 4.44. The van der Waals surface area contributed by atoms with E-state index in [4.69, 9.17) is 9.47 Å². The number of methoxy groups -OCH3 is 1. The zero-order valence-corrected chi connectivity index (χ0v) is 11.4. The van der Waals surface area contributed by atoms with Gasteiger partial charge in [0.2, 0.25) is 0 Å². The summed E-state index contributed by atoms with van der Waals surface area (Å²) in [6, 6.07) is 6.07. The fourth-order valence-corrected chi connectivity index (χ4v) is 2.20. The maximum atomic E-state index is 5.48. The minimum absolute atomic E-state index is 0.607. The van der Waals surface area contributed by atoms with Crippen molar-refractivity contribution < 1.29 is 9.47 Å². The van der Waals surface area contributed by atoms with Gasteiger partial charge in [-0.15, -0.1) is 0 Å². The lowest BCUT2D eigenvalue weighted by atomic mass is 10.1. The van der Waals surface area contributed by atoms with Crippen LogP contribution < -0.4 is 4.90 Å². The van der Waals surface area contributed by atoms with Crippen LogP contribution in [-0.4, -0.2) is 40.1 Å².